The molecule has 0 aliphatic carbocycles. The summed E-state index contributed by atoms with van der Waals surface area (Å²) in [7, 11) is 2.24. The van der Waals surface area contributed by atoms with Crippen molar-refractivity contribution in [1.82, 2.24) is 15.0 Å². The molecule has 0 radical (unpaired) electrons. The molecule has 2 aromatic heterocycles. The highest BCUT2D eigenvalue weighted by molar-refractivity contribution is 6.33. The molecular weight excluding hydrogens is 513 g/mol. The van der Waals surface area contributed by atoms with Gasteiger partial charge in [0, 0.05) is 11.9 Å². The Balaban J connectivity index is 2.03. The molecule has 12 nitrogen and oxygen atoms in total. The van der Waals surface area contributed by atoms with E-state index in [-0.39, 0.29) is 22.6 Å². The third-order valence-electron chi connectivity index (χ3n) is 4.45. The van der Waals surface area contributed by atoms with Crippen LogP contribution >= 0.6 is 11.6 Å². The van der Waals surface area contributed by atoms with Crippen molar-refractivity contribution in [2.75, 3.05) is 24.9 Å². The maximum Gasteiger partial charge on any atom is 0.417 e. The van der Waals surface area contributed by atoms with Gasteiger partial charge >= 0.3 is 23.8 Å². The number of carbonyl (C=O) groups excluding carboxylic acids is 2. The highest BCUT2D eigenvalue weighted by Crippen LogP contribution is 2.36. The highest BCUT2D eigenvalue weighted by atomic mass is 35.5. The van der Waals surface area contributed by atoms with Crippen LogP contribution in [0.5, 0.6) is 0 Å². The summed E-state index contributed by atoms with van der Waals surface area (Å²) in [6.07, 6.45) is -3.29. The molecule has 2 N–H and O–H groups in total. The van der Waals surface area contributed by atoms with Crippen LogP contribution in [0.1, 0.15) is 26.3 Å². The number of pyridine rings is 1. The summed E-state index contributed by atoms with van der Waals surface area (Å²) in [5.41, 5.74) is -1.98. The van der Waals surface area contributed by atoms with Crippen LogP contribution in [0.3, 0.4) is 0 Å². The molecule has 3 aromatic rings. The lowest BCUT2D eigenvalue weighted by Gasteiger charge is -2.13. The maximum absolute atomic E-state index is 12.9. The van der Waals surface area contributed by atoms with Gasteiger partial charge in [0.25, 0.3) is 0 Å². The number of methoxy groups -OCH3 is 2. The third kappa shape index (κ3) is 5.75. The van der Waals surface area contributed by atoms with Crippen LogP contribution < -0.4 is 10.6 Å². The number of benzene rings is 1. The Morgan fingerprint density at radius 2 is 1.50 bits per heavy atom. The molecule has 0 unspecified atom stereocenters. The Hall–Kier alpha value is -4.53. The largest absolute Gasteiger partial charge is 0.465 e. The number of esters is 2. The van der Waals surface area contributed by atoms with Gasteiger partial charge in [0.2, 0.25) is 11.6 Å². The Morgan fingerprint density at radius 3 is 1.97 bits per heavy atom. The van der Waals surface area contributed by atoms with Crippen molar-refractivity contribution in [3.05, 3.63) is 68.6 Å². The van der Waals surface area contributed by atoms with E-state index in [2.05, 4.69) is 35.1 Å². The molecule has 0 aliphatic heterocycles. The van der Waals surface area contributed by atoms with Crippen molar-refractivity contribution < 1.29 is 37.2 Å². The smallest absolute Gasteiger partial charge is 0.417 e. The number of carbonyl (C=O) groups is 2. The van der Waals surface area contributed by atoms with Gasteiger partial charge in [-0.25, -0.2) is 24.5 Å². The fraction of sp³-hybridized carbons (Fsp3) is 0.150. The lowest BCUT2D eigenvalue weighted by molar-refractivity contribution is -0.383. The van der Waals surface area contributed by atoms with Gasteiger partial charge in [-0.1, -0.05) is 11.6 Å². The quantitative estimate of drug-likeness (QED) is 0.253. The number of hydrogen-bond donors (Lipinski definition) is 2. The number of nitrogens with one attached hydrogen (secondary N) is 2. The van der Waals surface area contributed by atoms with Crippen molar-refractivity contribution in [3.8, 4) is 0 Å². The second kappa shape index (κ2) is 10.4. The fourth-order valence-corrected chi connectivity index (χ4v) is 3.05. The van der Waals surface area contributed by atoms with Crippen molar-refractivity contribution >= 4 is 52.4 Å². The number of hydrogen-bond acceptors (Lipinski definition) is 11. The van der Waals surface area contributed by atoms with Gasteiger partial charge in [-0.15, -0.1) is 0 Å². The van der Waals surface area contributed by atoms with E-state index < -0.39 is 50.9 Å². The molecule has 0 saturated heterocycles. The predicted molar refractivity (Wildman–Crippen MR) is 119 cm³/mol. The van der Waals surface area contributed by atoms with E-state index in [4.69, 9.17) is 11.6 Å². The number of alkyl halides is 3. The minimum Gasteiger partial charge on any atom is -0.465 e. The first kappa shape index (κ1) is 26.1. The zero-order valence-electron chi connectivity index (χ0n) is 18.2. The van der Waals surface area contributed by atoms with Crippen molar-refractivity contribution in [2.45, 2.75) is 6.18 Å². The molecule has 188 valence electrons. The molecule has 0 aliphatic rings. The van der Waals surface area contributed by atoms with Crippen molar-refractivity contribution in [3.63, 3.8) is 0 Å². The van der Waals surface area contributed by atoms with Crippen LogP contribution in [0, 0.1) is 10.1 Å². The summed E-state index contributed by atoms with van der Waals surface area (Å²) >= 11 is 5.87. The topological polar surface area (TPSA) is 158 Å². The summed E-state index contributed by atoms with van der Waals surface area (Å²) in [6.45, 7) is 0. The second-order valence-corrected chi connectivity index (χ2v) is 7.17. The molecule has 0 saturated carbocycles. The van der Waals surface area contributed by atoms with Crippen LogP contribution in [0.25, 0.3) is 0 Å². The van der Waals surface area contributed by atoms with Gasteiger partial charge < -0.3 is 20.1 Å². The average Bonchev–Trinajstić information content (AvgIpc) is 2.83. The minimum atomic E-state index is -4.70. The number of aromatic nitrogens is 3. The molecule has 0 fully saturated rings. The first-order valence-electron chi connectivity index (χ1n) is 9.52. The minimum absolute atomic E-state index is 0.0248. The van der Waals surface area contributed by atoms with Crippen LogP contribution in [0.15, 0.2) is 36.8 Å². The number of nitro groups is 1. The number of nitrogens with zero attached hydrogens (tertiary/aromatic N) is 4. The van der Waals surface area contributed by atoms with Crippen LogP contribution in [0.4, 0.5) is 42.0 Å². The van der Waals surface area contributed by atoms with Gasteiger partial charge in [-0.3, -0.25) is 10.1 Å². The molecule has 1 aromatic carbocycles. The van der Waals surface area contributed by atoms with Crippen LogP contribution in [-0.4, -0.2) is 46.0 Å². The second-order valence-electron chi connectivity index (χ2n) is 6.76. The molecule has 0 bridgehead atoms. The van der Waals surface area contributed by atoms with E-state index in [1.165, 1.54) is 18.2 Å². The molecule has 2 heterocycles. The van der Waals surface area contributed by atoms with Crippen molar-refractivity contribution in [2.24, 2.45) is 0 Å². The number of ether oxygens (including phenoxy) is 2. The van der Waals surface area contributed by atoms with Gasteiger partial charge in [-0.05, 0) is 24.3 Å². The summed E-state index contributed by atoms with van der Waals surface area (Å²) in [6, 6.07) is 4.27. The standard InChI is InChI=1S/C20H14ClF3N6O6/c1-35-18(31)9-3-10(19(32)36-2)5-12(4-9)28-16-14(30(33)34)17(27-8-26-16)29-15-13(21)6-11(7-25-15)20(22,23)24/h3-8H,1-2H3,(H2,25,26,27,28,29). The molecule has 16 heteroatoms. The summed E-state index contributed by atoms with van der Waals surface area (Å²) in [5.74, 6) is -2.78. The zero-order chi connectivity index (χ0) is 26.6. The molecule has 0 spiro atoms. The first-order chi connectivity index (χ1) is 16.9. The Morgan fingerprint density at radius 1 is 0.944 bits per heavy atom. The van der Waals surface area contributed by atoms with E-state index in [0.717, 1.165) is 20.5 Å². The van der Waals surface area contributed by atoms with Gasteiger partial charge in [0.1, 0.15) is 6.33 Å². The van der Waals surface area contributed by atoms with Gasteiger partial charge in [-0.2, -0.15) is 13.2 Å². The van der Waals surface area contributed by atoms with E-state index in [1.54, 1.807) is 0 Å². The van der Waals surface area contributed by atoms with Gasteiger partial charge in [0.05, 0.1) is 40.9 Å². The number of rotatable bonds is 7. The zero-order valence-corrected chi connectivity index (χ0v) is 19.0. The molecular formula is C20H14ClF3N6O6. The summed E-state index contributed by atoms with van der Waals surface area (Å²) < 4.78 is 47.9. The Bertz CT molecular complexity index is 1320. The van der Waals surface area contributed by atoms with E-state index in [1.807, 2.05) is 0 Å². The van der Waals surface area contributed by atoms with Crippen molar-refractivity contribution in [1.29, 1.82) is 0 Å². The normalized spacial score (nSPS) is 10.9. The Labute approximate surface area is 204 Å². The molecule has 3 rings (SSSR count). The molecule has 0 amide bonds. The third-order valence-corrected chi connectivity index (χ3v) is 4.74. The molecule has 0 atom stereocenters. The highest BCUT2D eigenvalue weighted by Gasteiger charge is 2.32. The SMILES string of the molecule is COC(=O)c1cc(Nc2ncnc(Nc3ncc(C(F)(F)F)cc3Cl)c2[N+](=O)[O-])cc(C(=O)OC)c1. The Kier molecular flexibility index (Phi) is 7.53. The predicted octanol–water partition coefficient (Wildman–Crippen LogP) is 4.51. The summed E-state index contributed by atoms with van der Waals surface area (Å²) in [4.78, 5) is 46.1. The molecule has 36 heavy (non-hydrogen) atoms. The summed E-state index contributed by atoms with van der Waals surface area (Å²) in [5, 5.41) is 16.4. The van der Waals surface area contributed by atoms with Crippen LogP contribution in [-0.2, 0) is 15.7 Å². The number of anilines is 4. The monoisotopic (exact) mass is 526 g/mol. The van der Waals surface area contributed by atoms with E-state index in [0.29, 0.717) is 12.3 Å². The van der Waals surface area contributed by atoms with Crippen LogP contribution in [0.2, 0.25) is 5.02 Å². The average molecular weight is 527 g/mol. The number of halogens is 4. The fourth-order valence-electron chi connectivity index (χ4n) is 2.84. The first-order valence-corrected chi connectivity index (χ1v) is 9.90. The lowest BCUT2D eigenvalue weighted by atomic mass is 10.1. The maximum atomic E-state index is 12.9. The van der Waals surface area contributed by atoms with E-state index in [9.17, 15) is 32.9 Å². The van der Waals surface area contributed by atoms with Gasteiger partial charge in [0.15, 0.2) is 5.82 Å². The van der Waals surface area contributed by atoms with E-state index >= 15 is 0 Å². The lowest BCUT2D eigenvalue weighted by Crippen LogP contribution is -2.10.